The Morgan fingerprint density at radius 2 is 1.54 bits per heavy atom. The molecular formula is C31H33N3O6S. The van der Waals surface area contributed by atoms with E-state index in [4.69, 9.17) is 9.47 Å². The first-order valence-electron chi connectivity index (χ1n) is 13.7. The lowest BCUT2D eigenvalue weighted by Gasteiger charge is -2.13. The number of Topliss-reactive ketones (excluding diaryl/α,β-unsaturated/α-hetero) is 1. The third kappa shape index (κ3) is 8.80. The lowest BCUT2D eigenvalue weighted by atomic mass is 10.1. The molecule has 1 aliphatic heterocycles. The molecule has 4 rings (SSSR count). The first-order chi connectivity index (χ1) is 19.9. The number of esters is 1. The third-order valence-electron chi connectivity index (χ3n) is 6.36. The van der Waals surface area contributed by atoms with E-state index in [0.717, 1.165) is 58.4 Å². The fourth-order valence-corrected chi connectivity index (χ4v) is 5.26. The quantitative estimate of drug-likeness (QED) is 0.0586. The van der Waals surface area contributed by atoms with Crippen LogP contribution in [0, 0.1) is 6.92 Å². The van der Waals surface area contributed by atoms with Gasteiger partial charge in [-0.05, 0) is 43.7 Å². The predicted octanol–water partition coefficient (Wildman–Crippen LogP) is 4.92. The van der Waals surface area contributed by atoms with Crippen molar-refractivity contribution in [3.8, 4) is 11.4 Å². The van der Waals surface area contributed by atoms with Crippen LogP contribution in [0.3, 0.4) is 0 Å². The van der Waals surface area contributed by atoms with Gasteiger partial charge in [-0.25, -0.2) is 9.97 Å². The van der Waals surface area contributed by atoms with Crippen LogP contribution in [0.15, 0.2) is 65.7 Å². The zero-order valence-corrected chi connectivity index (χ0v) is 23.9. The molecule has 2 heterocycles. The Bertz CT molecular complexity index is 1350. The zero-order chi connectivity index (χ0) is 29.0. The molecule has 0 aliphatic carbocycles. The molecule has 0 N–H and O–H groups in total. The molecular weight excluding hydrogens is 542 g/mol. The Labute approximate surface area is 243 Å². The van der Waals surface area contributed by atoms with Gasteiger partial charge in [0, 0.05) is 11.3 Å². The van der Waals surface area contributed by atoms with Crippen molar-refractivity contribution in [2.45, 2.75) is 44.1 Å². The fraction of sp³-hybridized carbons (Fsp3) is 0.355. The van der Waals surface area contributed by atoms with Crippen molar-refractivity contribution in [2.75, 3.05) is 32.1 Å². The number of thioether (sulfide) groups is 1. The molecule has 0 radical (unpaired) electrons. The molecule has 10 heteroatoms. The van der Waals surface area contributed by atoms with Crippen molar-refractivity contribution in [2.24, 2.45) is 0 Å². The number of hydrogen-bond donors (Lipinski definition) is 0. The second-order valence-corrected chi connectivity index (χ2v) is 10.7. The second-order valence-electron chi connectivity index (χ2n) is 9.60. The molecule has 3 aromatic rings. The number of amides is 2. The van der Waals surface area contributed by atoms with Crippen molar-refractivity contribution in [1.29, 1.82) is 0 Å². The number of benzene rings is 2. The van der Waals surface area contributed by atoms with Gasteiger partial charge in [-0.3, -0.25) is 24.1 Å². The molecule has 2 aromatic carbocycles. The van der Waals surface area contributed by atoms with E-state index >= 15 is 0 Å². The summed E-state index contributed by atoms with van der Waals surface area (Å²) in [6.45, 7) is 2.01. The van der Waals surface area contributed by atoms with Crippen molar-refractivity contribution >= 4 is 35.3 Å². The van der Waals surface area contributed by atoms with Gasteiger partial charge in [-0.2, -0.15) is 0 Å². The average Bonchev–Trinajstić information content (AvgIpc) is 3.21. The Balaban J connectivity index is 1.02. The molecule has 2 amide bonds. The monoisotopic (exact) mass is 575 g/mol. The van der Waals surface area contributed by atoms with E-state index in [0.29, 0.717) is 11.1 Å². The van der Waals surface area contributed by atoms with Gasteiger partial charge in [0.25, 0.3) is 11.8 Å². The molecule has 1 aliphatic rings. The first kappa shape index (κ1) is 30.1. The van der Waals surface area contributed by atoms with Gasteiger partial charge in [0.1, 0.15) is 18.1 Å². The summed E-state index contributed by atoms with van der Waals surface area (Å²) in [4.78, 5) is 58.9. The lowest BCUT2D eigenvalue weighted by molar-refractivity contribution is -0.147. The number of aryl methyl sites for hydroxylation is 1. The van der Waals surface area contributed by atoms with Crippen LogP contribution in [0.1, 0.15) is 58.5 Å². The molecule has 0 bridgehead atoms. The maximum Gasteiger partial charge on any atom is 0.313 e. The highest BCUT2D eigenvalue weighted by Crippen LogP contribution is 2.23. The standard InChI is InChI=1S/C31H33N3O6S/c1-22-19-27(33-29(32-22)23-11-5-4-6-12-23)41-18-10-3-2-9-16-40-28(36)20-24(35)21-39-17-15-34-30(37)25-13-7-8-14-26(25)31(34)38/h4-8,11-14,19H,2-3,9-10,15-18,20-21H2,1H3. The van der Waals surface area contributed by atoms with Gasteiger partial charge in [-0.15, -0.1) is 11.8 Å². The molecule has 0 saturated heterocycles. The maximum atomic E-state index is 12.3. The summed E-state index contributed by atoms with van der Waals surface area (Å²) in [6.07, 6.45) is 3.29. The zero-order valence-electron chi connectivity index (χ0n) is 23.0. The largest absolute Gasteiger partial charge is 0.465 e. The number of rotatable bonds is 16. The summed E-state index contributed by atoms with van der Waals surface area (Å²) in [5, 5.41) is 0.961. The normalized spacial score (nSPS) is 12.5. The van der Waals surface area contributed by atoms with E-state index in [1.165, 1.54) is 0 Å². The minimum absolute atomic E-state index is 0.00949. The van der Waals surface area contributed by atoms with Crippen LogP contribution in [0.5, 0.6) is 0 Å². The molecule has 0 atom stereocenters. The van der Waals surface area contributed by atoms with Gasteiger partial charge < -0.3 is 9.47 Å². The number of nitrogens with zero attached hydrogens (tertiary/aromatic N) is 3. The predicted molar refractivity (Wildman–Crippen MR) is 155 cm³/mol. The number of aromatic nitrogens is 2. The summed E-state index contributed by atoms with van der Waals surface area (Å²) in [6, 6.07) is 18.5. The minimum atomic E-state index is -0.581. The van der Waals surface area contributed by atoms with E-state index in [-0.39, 0.29) is 44.6 Å². The summed E-state index contributed by atoms with van der Waals surface area (Å²) in [7, 11) is 0. The van der Waals surface area contributed by atoms with Crippen LogP contribution in [0.25, 0.3) is 11.4 Å². The molecule has 9 nitrogen and oxygen atoms in total. The molecule has 41 heavy (non-hydrogen) atoms. The van der Waals surface area contributed by atoms with Crippen molar-refractivity contribution < 1.29 is 28.7 Å². The number of fused-ring (bicyclic) bond motifs is 1. The molecule has 0 fully saturated rings. The summed E-state index contributed by atoms with van der Waals surface area (Å²) >= 11 is 1.71. The minimum Gasteiger partial charge on any atom is -0.465 e. The highest BCUT2D eigenvalue weighted by Gasteiger charge is 2.34. The number of unbranched alkanes of at least 4 members (excludes halogenated alkanes) is 3. The molecule has 0 spiro atoms. The Kier molecular flexibility index (Phi) is 11.2. The van der Waals surface area contributed by atoms with Crippen molar-refractivity contribution in [1.82, 2.24) is 14.9 Å². The van der Waals surface area contributed by atoms with Crippen LogP contribution >= 0.6 is 11.8 Å². The number of ether oxygens (including phenoxy) is 2. The van der Waals surface area contributed by atoms with Crippen LogP contribution < -0.4 is 0 Å². The van der Waals surface area contributed by atoms with Crippen LogP contribution in [0.4, 0.5) is 0 Å². The van der Waals surface area contributed by atoms with Gasteiger partial charge in [0.05, 0.1) is 30.9 Å². The van der Waals surface area contributed by atoms with Gasteiger partial charge in [-0.1, -0.05) is 55.3 Å². The highest BCUT2D eigenvalue weighted by molar-refractivity contribution is 7.99. The summed E-state index contributed by atoms with van der Waals surface area (Å²) in [5.41, 5.74) is 2.67. The second kappa shape index (κ2) is 15.2. The van der Waals surface area contributed by atoms with E-state index < -0.39 is 11.8 Å². The number of hydrogen-bond acceptors (Lipinski definition) is 9. The topological polar surface area (TPSA) is 116 Å². The highest BCUT2D eigenvalue weighted by atomic mass is 32.2. The Morgan fingerprint density at radius 3 is 2.27 bits per heavy atom. The van der Waals surface area contributed by atoms with E-state index in [9.17, 15) is 19.2 Å². The van der Waals surface area contributed by atoms with Crippen LogP contribution in [0.2, 0.25) is 0 Å². The number of imide groups is 1. The van der Waals surface area contributed by atoms with Gasteiger partial charge in [0.2, 0.25) is 0 Å². The molecule has 0 saturated carbocycles. The SMILES string of the molecule is Cc1cc(SCCCCCCOC(=O)CC(=O)COCCN2C(=O)c3ccccc3C2=O)nc(-c2ccccc2)n1. The van der Waals surface area contributed by atoms with Crippen molar-refractivity contribution in [3.05, 3.63) is 77.5 Å². The number of carbonyl (C=O) groups is 4. The fourth-order valence-electron chi connectivity index (χ4n) is 4.30. The van der Waals surface area contributed by atoms with Gasteiger partial charge in [0.15, 0.2) is 11.6 Å². The number of ketones is 1. The Morgan fingerprint density at radius 1 is 0.854 bits per heavy atom. The van der Waals surface area contributed by atoms with E-state index in [1.54, 1.807) is 36.0 Å². The third-order valence-corrected chi connectivity index (χ3v) is 7.35. The molecule has 1 aromatic heterocycles. The lowest BCUT2D eigenvalue weighted by Crippen LogP contribution is -2.33. The smallest absolute Gasteiger partial charge is 0.313 e. The average molecular weight is 576 g/mol. The van der Waals surface area contributed by atoms with E-state index in [1.807, 2.05) is 43.3 Å². The summed E-state index contributed by atoms with van der Waals surface area (Å²) < 4.78 is 10.5. The molecule has 214 valence electrons. The Hall–Kier alpha value is -3.89. The van der Waals surface area contributed by atoms with Gasteiger partial charge >= 0.3 is 5.97 Å². The van der Waals surface area contributed by atoms with Crippen LogP contribution in [-0.4, -0.2) is 70.6 Å². The molecule has 0 unspecified atom stereocenters. The van der Waals surface area contributed by atoms with Crippen molar-refractivity contribution in [3.63, 3.8) is 0 Å². The van der Waals surface area contributed by atoms with E-state index in [2.05, 4.69) is 9.97 Å². The first-order valence-corrected chi connectivity index (χ1v) is 14.6. The summed E-state index contributed by atoms with van der Waals surface area (Å²) in [5.74, 6) is -0.0670. The number of carbonyl (C=O) groups excluding carboxylic acids is 4. The van der Waals surface area contributed by atoms with Crippen LogP contribution in [-0.2, 0) is 19.1 Å². The maximum absolute atomic E-state index is 12.3.